The number of carbonyl (C=O) groups excluding carboxylic acids is 1. The molecule has 2 aromatic carbocycles. The molecule has 140 valence electrons. The maximum atomic E-state index is 14.7. The van der Waals surface area contributed by atoms with Gasteiger partial charge in [-0.3, -0.25) is 0 Å². The molecule has 2 aromatic rings. The second kappa shape index (κ2) is 8.06. The van der Waals surface area contributed by atoms with E-state index in [1.807, 2.05) is 13.0 Å². The summed E-state index contributed by atoms with van der Waals surface area (Å²) in [7, 11) is 0. The fourth-order valence-electron chi connectivity index (χ4n) is 2.99. The van der Waals surface area contributed by atoms with Gasteiger partial charge in [-0.1, -0.05) is 18.2 Å². The second-order valence-electron chi connectivity index (χ2n) is 7.14. The largest absolute Gasteiger partial charge is 0.375 e. The van der Waals surface area contributed by atoms with Crippen molar-refractivity contribution in [3.8, 4) is 0 Å². The molecule has 0 saturated heterocycles. The van der Waals surface area contributed by atoms with Gasteiger partial charge in [-0.15, -0.1) is 0 Å². The fraction of sp³-hybridized carbons (Fsp3) is 0.381. The molecule has 2 N–H and O–H groups in total. The van der Waals surface area contributed by atoms with Crippen molar-refractivity contribution in [2.24, 2.45) is 5.73 Å². The molecule has 0 saturated carbocycles. The van der Waals surface area contributed by atoms with Crippen LogP contribution < -0.4 is 5.73 Å². The lowest BCUT2D eigenvalue weighted by molar-refractivity contribution is -0.114. The number of nitrogens with two attached hydrogens (primary N) is 1. The summed E-state index contributed by atoms with van der Waals surface area (Å²) in [5.74, 6) is -1.16. The lowest BCUT2D eigenvalue weighted by atomic mass is 9.84. The average Bonchev–Trinajstić information content (AvgIpc) is 2.57. The summed E-state index contributed by atoms with van der Waals surface area (Å²) < 4.78 is 34.0. The highest BCUT2D eigenvalue weighted by Gasteiger charge is 2.28. The summed E-state index contributed by atoms with van der Waals surface area (Å²) in [6.45, 7) is 6.96. The number of rotatable bonds is 7. The molecular formula is C21H25F2NO2. The molecule has 5 heteroatoms. The Kier molecular flexibility index (Phi) is 6.26. The highest BCUT2D eigenvalue weighted by molar-refractivity contribution is 5.63. The van der Waals surface area contributed by atoms with Crippen LogP contribution in [0.3, 0.4) is 0 Å². The molecule has 0 radical (unpaired) electrons. The van der Waals surface area contributed by atoms with Crippen LogP contribution in [0, 0.1) is 25.5 Å². The Balaban J connectivity index is 2.46. The lowest BCUT2D eigenvalue weighted by Crippen LogP contribution is -2.44. The Bertz CT molecular complexity index is 738. The molecule has 0 fully saturated rings. The van der Waals surface area contributed by atoms with Crippen molar-refractivity contribution in [1.29, 1.82) is 0 Å². The van der Waals surface area contributed by atoms with E-state index in [-0.39, 0.29) is 18.2 Å². The molecule has 3 atom stereocenters. The van der Waals surface area contributed by atoms with Gasteiger partial charge in [0.15, 0.2) is 0 Å². The van der Waals surface area contributed by atoms with Crippen LogP contribution in [-0.4, -0.2) is 24.5 Å². The Morgan fingerprint density at radius 3 is 2.38 bits per heavy atom. The Hall–Kier alpha value is -2.11. The Morgan fingerprint density at radius 1 is 1.15 bits per heavy atom. The summed E-state index contributed by atoms with van der Waals surface area (Å²) in [4.78, 5) is 11.0. The third-order valence-electron chi connectivity index (χ3n) is 4.45. The number of benzene rings is 2. The van der Waals surface area contributed by atoms with Crippen LogP contribution in [-0.2, 0) is 9.53 Å². The minimum atomic E-state index is -1.12. The second-order valence-corrected chi connectivity index (χ2v) is 7.14. The summed E-state index contributed by atoms with van der Waals surface area (Å²) >= 11 is 0. The number of hydrogen-bond donors (Lipinski definition) is 1. The third-order valence-corrected chi connectivity index (χ3v) is 4.45. The van der Waals surface area contributed by atoms with Gasteiger partial charge in [0.05, 0.1) is 18.2 Å². The van der Waals surface area contributed by atoms with Gasteiger partial charge in [0.2, 0.25) is 0 Å². The quantitative estimate of drug-likeness (QED) is 0.758. The van der Waals surface area contributed by atoms with E-state index in [9.17, 15) is 13.6 Å². The number of aldehydes is 1. The van der Waals surface area contributed by atoms with Crippen molar-refractivity contribution in [1.82, 2.24) is 0 Å². The first-order valence-electron chi connectivity index (χ1n) is 8.53. The first-order valence-corrected chi connectivity index (χ1v) is 8.53. The summed E-state index contributed by atoms with van der Waals surface area (Å²) in [5, 5.41) is 0. The molecule has 26 heavy (non-hydrogen) atoms. The molecular weight excluding hydrogens is 336 g/mol. The minimum absolute atomic E-state index is 0.00187. The molecule has 0 aliphatic carbocycles. The fourth-order valence-corrected chi connectivity index (χ4v) is 2.99. The first-order chi connectivity index (χ1) is 12.1. The molecule has 0 spiro atoms. The molecule has 0 unspecified atom stereocenters. The molecule has 0 bridgehead atoms. The maximum Gasteiger partial charge on any atom is 0.141 e. The van der Waals surface area contributed by atoms with E-state index in [1.54, 1.807) is 32.9 Å². The monoisotopic (exact) mass is 361 g/mol. The van der Waals surface area contributed by atoms with Gasteiger partial charge in [-0.25, -0.2) is 8.78 Å². The van der Waals surface area contributed by atoms with Crippen LogP contribution in [0.5, 0.6) is 0 Å². The third kappa shape index (κ3) is 4.74. The predicted molar refractivity (Wildman–Crippen MR) is 98.2 cm³/mol. The zero-order chi connectivity index (χ0) is 19.5. The molecule has 0 aliphatic rings. The number of ether oxygens (including phenoxy) is 1. The Labute approximate surface area is 153 Å². The minimum Gasteiger partial charge on any atom is -0.375 e. The number of hydrogen-bond acceptors (Lipinski definition) is 3. The van der Waals surface area contributed by atoms with E-state index in [1.165, 1.54) is 18.2 Å². The summed E-state index contributed by atoms with van der Waals surface area (Å²) in [5.41, 5.74) is 7.45. The van der Waals surface area contributed by atoms with Crippen LogP contribution >= 0.6 is 0 Å². The highest BCUT2D eigenvalue weighted by Crippen LogP contribution is 2.34. The van der Waals surface area contributed by atoms with Gasteiger partial charge in [0, 0.05) is 5.92 Å². The Morgan fingerprint density at radius 2 is 1.81 bits per heavy atom. The van der Waals surface area contributed by atoms with E-state index >= 15 is 0 Å². The van der Waals surface area contributed by atoms with Gasteiger partial charge >= 0.3 is 0 Å². The number of halogens is 2. The maximum absolute atomic E-state index is 14.7. The average molecular weight is 361 g/mol. The lowest BCUT2D eigenvalue weighted by Gasteiger charge is -2.29. The zero-order valence-electron chi connectivity index (χ0n) is 15.6. The van der Waals surface area contributed by atoms with Crippen molar-refractivity contribution in [3.05, 3.63) is 70.3 Å². The predicted octanol–water partition coefficient (Wildman–Crippen LogP) is 4.03. The van der Waals surface area contributed by atoms with E-state index < -0.39 is 17.6 Å². The van der Waals surface area contributed by atoms with Crippen molar-refractivity contribution in [2.45, 2.75) is 45.3 Å². The molecule has 0 aliphatic heterocycles. The molecule has 0 aromatic heterocycles. The van der Waals surface area contributed by atoms with Crippen molar-refractivity contribution >= 4 is 6.29 Å². The molecule has 2 rings (SSSR count). The van der Waals surface area contributed by atoms with Crippen molar-refractivity contribution in [3.63, 3.8) is 0 Å². The van der Waals surface area contributed by atoms with Crippen molar-refractivity contribution < 1.29 is 18.3 Å². The summed E-state index contributed by atoms with van der Waals surface area (Å²) in [6.07, 6.45) is 0.156. The summed E-state index contributed by atoms with van der Waals surface area (Å²) in [6, 6.07) is 9.43. The topological polar surface area (TPSA) is 52.3 Å². The van der Waals surface area contributed by atoms with Crippen LogP contribution in [0.25, 0.3) is 0 Å². The smallest absolute Gasteiger partial charge is 0.141 e. The standard InChI is InChI=1S/C21H25F2NO2/c1-13-5-7-18(19(23)9-13)20(15(3)26-12-21(4,24)11-25)17-8-6-16(22)10-14(17)2/h5-11,15,20H,12,24H2,1-4H3/t15-,20+,21+/m0/s1. The number of aryl methyl sites for hydroxylation is 2. The van der Waals surface area contributed by atoms with E-state index in [0.717, 1.165) is 11.1 Å². The first kappa shape index (κ1) is 20.2. The highest BCUT2D eigenvalue weighted by atomic mass is 19.1. The van der Waals surface area contributed by atoms with Crippen LogP contribution in [0.4, 0.5) is 8.78 Å². The van der Waals surface area contributed by atoms with Crippen LogP contribution in [0.1, 0.15) is 42.0 Å². The van der Waals surface area contributed by atoms with Gasteiger partial charge in [0.25, 0.3) is 0 Å². The van der Waals surface area contributed by atoms with E-state index in [0.29, 0.717) is 17.4 Å². The zero-order valence-corrected chi connectivity index (χ0v) is 15.6. The van der Waals surface area contributed by atoms with Gasteiger partial charge in [0.1, 0.15) is 17.9 Å². The van der Waals surface area contributed by atoms with Crippen LogP contribution in [0.2, 0.25) is 0 Å². The number of carbonyl (C=O) groups is 1. The molecule has 3 nitrogen and oxygen atoms in total. The normalized spacial score (nSPS) is 16.0. The van der Waals surface area contributed by atoms with E-state index in [2.05, 4.69) is 0 Å². The van der Waals surface area contributed by atoms with Crippen LogP contribution in [0.15, 0.2) is 36.4 Å². The van der Waals surface area contributed by atoms with E-state index in [4.69, 9.17) is 10.5 Å². The SMILES string of the molecule is Cc1ccc([C@@H](c2ccc(F)cc2C)[C@H](C)OC[C@](C)(N)C=O)c(F)c1. The molecule has 0 heterocycles. The van der Waals surface area contributed by atoms with Crippen molar-refractivity contribution in [2.75, 3.05) is 6.61 Å². The van der Waals surface area contributed by atoms with Gasteiger partial charge in [-0.2, -0.15) is 0 Å². The van der Waals surface area contributed by atoms with Gasteiger partial charge in [-0.05, 0) is 68.1 Å². The van der Waals surface area contributed by atoms with Gasteiger partial charge < -0.3 is 15.3 Å². The molecule has 0 amide bonds.